The third-order valence-corrected chi connectivity index (χ3v) is 1.61. The molecule has 0 rings (SSSR count). The molecule has 0 radical (unpaired) electrons. The second-order valence-electron chi connectivity index (χ2n) is 2.20. The number of phosphoric ester groups is 1. The van der Waals surface area contributed by atoms with Gasteiger partial charge >= 0.3 is 13.8 Å². The second-order valence-corrected chi connectivity index (χ2v) is 3.39. The maximum absolute atomic E-state index is 10.2. The predicted molar refractivity (Wildman–Crippen MR) is 39.9 cm³/mol. The third-order valence-electron chi connectivity index (χ3n) is 1.07. The van der Waals surface area contributed by atoms with E-state index in [-0.39, 0.29) is 19.1 Å². The largest absolute Gasteiger partial charge is 0.481 e. The fourth-order valence-corrected chi connectivity index (χ4v) is 1.10. The smallest absolute Gasteiger partial charge is 0.470 e. The molecule has 0 saturated heterocycles. The van der Waals surface area contributed by atoms with Crippen LogP contribution in [0.4, 0.5) is 0 Å². The van der Waals surface area contributed by atoms with Gasteiger partial charge in [-0.2, -0.15) is 0 Å². The molecule has 0 aliphatic carbocycles. The number of aliphatic carboxylic acids is 1. The Balaban J connectivity index is 3.97. The molecule has 0 amide bonds. The van der Waals surface area contributed by atoms with Crippen molar-refractivity contribution < 1.29 is 33.6 Å². The van der Waals surface area contributed by atoms with E-state index >= 15 is 0 Å². The Morgan fingerprint density at radius 2 is 2.08 bits per heavy atom. The van der Waals surface area contributed by atoms with Crippen LogP contribution in [0, 0.1) is 0 Å². The molecule has 0 aliphatic heterocycles. The third kappa shape index (κ3) is 7.61. The number of hydrogen-bond acceptors (Lipinski definition) is 4. The zero-order valence-electron chi connectivity index (χ0n) is 6.49. The lowest BCUT2D eigenvalue weighted by molar-refractivity contribution is -0.137. The van der Waals surface area contributed by atoms with Crippen LogP contribution in [-0.2, 0) is 18.7 Å². The number of carboxylic acid groups (broad SMARTS) is 1. The van der Waals surface area contributed by atoms with Gasteiger partial charge in [0.25, 0.3) is 0 Å². The summed E-state index contributed by atoms with van der Waals surface area (Å²) < 4.78 is 14.2. The van der Waals surface area contributed by atoms with Crippen molar-refractivity contribution >= 4 is 20.1 Å². The average Bonchev–Trinajstić information content (AvgIpc) is 1.95. The molecule has 0 saturated carbocycles. The van der Waals surface area contributed by atoms with Gasteiger partial charge in [-0.05, 0) is 6.42 Å². The van der Waals surface area contributed by atoms with Crippen LogP contribution in [0.1, 0.15) is 12.8 Å². The van der Waals surface area contributed by atoms with Gasteiger partial charge in [0.2, 0.25) is 0 Å². The lowest BCUT2D eigenvalue weighted by Gasteiger charge is -2.10. The lowest BCUT2D eigenvalue weighted by atomic mass is 10.2. The van der Waals surface area contributed by atoms with Gasteiger partial charge in [-0.25, -0.2) is 4.57 Å². The molecule has 0 aromatic heterocycles. The van der Waals surface area contributed by atoms with Crippen molar-refractivity contribution in [3.8, 4) is 0 Å². The molecule has 1 atom stereocenters. The van der Waals surface area contributed by atoms with E-state index in [2.05, 4.69) is 4.52 Å². The van der Waals surface area contributed by atoms with E-state index < -0.39 is 19.9 Å². The Bertz CT molecular complexity index is 231. The first-order chi connectivity index (χ1) is 5.85. The molecule has 0 unspecified atom stereocenters. The molecule has 0 heterocycles. The van der Waals surface area contributed by atoms with Crippen LogP contribution in [0.3, 0.4) is 0 Å². The standard InChI is InChI=1S/C5H9O7P/c6-3-4(1-2-5(7)8)12-13(9,10)11/h3-4H,1-2H2,(H,7,8)(H2,9,10,11)/t4-/m0/s1. The highest BCUT2D eigenvalue weighted by Crippen LogP contribution is 2.37. The van der Waals surface area contributed by atoms with Gasteiger partial charge < -0.3 is 19.7 Å². The van der Waals surface area contributed by atoms with Crippen LogP contribution < -0.4 is 0 Å². The molecule has 0 fully saturated rings. The summed E-state index contributed by atoms with van der Waals surface area (Å²) in [6.07, 6.45) is -1.87. The number of phosphoric acid groups is 1. The van der Waals surface area contributed by atoms with E-state index in [0.717, 1.165) is 0 Å². The van der Waals surface area contributed by atoms with Crippen molar-refractivity contribution in [3.63, 3.8) is 0 Å². The first-order valence-corrected chi connectivity index (χ1v) is 4.79. The number of hydrogen-bond donors (Lipinski definition) is 3. The molecule has 13 heavy (non-hydrogen) atoms. The monoisotopic (exact) mass is 212 g/mol. The quantitative estimate of drug-likeness (QED) is 0.401. The van der Waals surface area contributed by atoms with Crippen LogP contribution in [0.5, 0.6) is 0 Å². The summed E-state index contributed by atoms with van der Waals surface area (Å²) in [5.41, 5.74) is 0. The van der Waals surface area contributed by atoms with Crippen LogP contribution in [0.25, 0.3) is 0 Å². The normalized spacial score (nSPS) is 13.7. The van der Waals surface area contributed by atoms with Gasteiger partial charge in [-0.3, -0.25) is 9.32 Å². The van der Waals surface area contributed by atoms with Crippen LogP contribution in [0.2, 0.25) is 0 Å². The van der Waals surface area contributed by atoms with E-state index in [0.29, 0.717) is 0 Å². The van der Waals surface area contributed by atoms with Gasteiger partial charge in [-0.1, -0.05) is 0 Å². The molecule has 0 spiro atoms. The Morgan fingerprint density at radius 3 is 2.38 bits per heavy atom. The highest BCUT2D eigenvalue weighted by Gasteiger charge is 2.22. The van der Waals surface area contributed by atoms with Crippen molar-refractivity contribution in [1.29, 1.82) is 0 Å². The predicted octanol–water partition coefficient (Wildman–Crippen LogP) is -0.472. The minimum absolute atomic E-state index is 0.155. The molecule has 7 nitrogen and oxygen atoms in total. The summed E-state index contributed by atoms with van der Waals surface area (Å²) in [5.74, 6) is -1.17. The first kappa shape index (κ1) is 12.2. The number of aldehydes is 1. The van der Waals surface area contributed by atoms with Gasteiger partial charge in [0, 0.05) is 6.42 Å². The van der Waals surface area contributed by atoms with Crippen molar-refractivity contribution in [3.05, 3.63) is 0 Å². The van der Waals surface area contributed by atoms with Crippen LogP contribution in [-0.4, -0.2) is 33.3 Å². The lowest BCUT2D eigenvalue weighted by Crippen LogP contribution is -2.14. The maximum Gasteiger partial charge on any atom is 0.470 e. The molecular formula is C5H9O7P. The van der Waals surface area contributed by atoms with Crippen molar-refractivity contribution in [2.24, 2.45) is 0 Å². The number of carboxylic acids is 1. The van der Waals surface area contributed by atoms with E-state index in [9.17, 15) is 14.2 Å². The van der Waals surface area contributed by atoms with E-state index in [4.69, 9.17) is 14.9 Å². The summed E-state index contributed by atoms with van der Waals surface area (Å²) in [6.45, 7) is 0. The summed E-state index contributed by atoms with van der Waals surface area (Å²) in [6, 6.07) is 0. The van der Waals surface area contributed by atoms with Gasteiger partial charge in [0.15, 0.2) is 0 Å². The van der Waals surface area contributed by atoms with Crippen molar-refractivity contribution in [2.75, 3.05) is 0 Å². The minimum atomic E-state index is -4.72. The van der Waals surface area contributed by atoms with Crippen molar-refractivity contribution in [2.45, 2.75) is 18.9 Å². The van der Waals surface area contributed by atoms with E-state index in [1.54, 1.807) is 0 Å². The highest BCUT2D eigenvalue weighted by molar-refractivity contribution is 7.46. The molecule has 0 aromatic carbocycles. The number of carbonyl (C=O) groups excluding carboxylic acids is 1. The zero-order valence-corrected chi connectivity index (χ0v) is 7.39. The fraction of sp³-hybridized carbons (Fsp3) is 0.600. The molecule has 8 heteroatoms. The average molecular weight is 212 g/mol. The SMILES string of the molecule is O=C[C@H](CCC(=O)O)OP(=O)(O)O. The van der Waals surface area contributed by atoms with E-state index in [1.165, 1.54) is 0 Å². The topological polar surface area (TPSA) is 121 Å². The Labute approximate surface area is 73.6 Å². The minimum Gasteiger partial charge on any atom is -0.481 e. The summed E-state index contributed by atoms with van der Waals surface area (Å²) in [5, 5.41) is 8.19. The Morgan fingerprint density at radius 1 is 1.54 bits per heavy atom. The fourth-order valence-electron chi connectivity index (χ4n) is 0.588. The first-order valence-electron chi connectivity index (χ1n) is 3.26. The summed E-state index contributed by atoms with van der Waals surface area (Å²) in [4.78, 5) is 36.7. The zero-order chi connectivity index (χ0) is 10.5. The molecule has 0 aliphatic rings. The Kier molecular flexibility index (Phi) is 4.79. The number of rotatable bonds is 6. The maximum atomic E-state index is 10.2. The van der Waals surface area contributed by atoms with Gasteiger partial charge in [0.1, 0.15) is 12.4 Å². The molecule has 0 aromatic rings. The van der Waals surface area contributed by atoms with Gasteiger partial charge in [0.05, 0.1) is 0 Å². The van der Waals surface area contributed by atoms with Crippen LogP contribution in [0.15, 0.2) is 0 Å². The van der Waals surface area contributed by atoms with Crippen LogP contribution >= 0.6 is 7.82 Å². The molecule has 3 N–H and O–H groups in total. The summed E-state index contributed by atoms with van der Waals surface area (Å²) >= 11 is 0. The highest BCUT2D eigenvalue weighted by atomic mass is 31.2. The molecule has 76 valence electrons. The Hall–Kier alpha value is -0.750. The molecular weight excluding hydrogens is 203 g/mol. The second kappa shape index (κ2) is 5.08. The molecule has 0 bridgehead atoms. The van der Waals surface area contributed by atoms with Crippen molar-refractivity contribution in [1.82, 2.24) is 0 Å². The van der Waals surface area contributed by atoms with Gasteiger partial charge in [-0.15, -0.1) is 0 Å². The number of carbonyl (C=O) groups is 2. The summed E-state index contributed by atoms with van der Waals surface area (Å²) in [7, 11) is -4.72. The van der Waals surface area contributed by atoms with E-state index in [1.807, 2.05) is 0 Å².